The molecule has 3 aliphatic heterocycles. The maximum Gasteiger partial charge on any atom is 0.230 e. The highest BCUT2D eigenvalue weighted by Crippen LogP contribution is 2.38. The van der Waals surface area contributed by atoms with Crippen molar-refractivity contribution in [1.29, 1.82) is 0 Å². The van der Waals surface area contributed by atoms with Crippen molar-refractivity contribution >= 4 is 23.3 Å². The number of fused-ring (bicyclic) bond motifs is 3. The number of amides is 2. The molecule has 3 atom stereocenters. The van der Waals surface area contributed by atoms with Gasteiger partial charge in [0.05, 0.1) is 13.0 Å². The first-order valence-electron chi connectivity index (χ1n) is 16.4. The van der Waals surface area contributed by atoms with Crippen LogP contribution >= 0.6 is 0 Å². The van der Waals surface area contributed by atoms with Crippen molar-refractivity contribution in [2.45, 2.75) is 63.7 Å². The number of benzene rings is 2. The van der Waals surface area contributed by atoms with E-state index in [0.29, 0.717) is 25.9 Å². The van der Waals surface area contributed by atoms with Gasteiger partial charge in [0, 0.05) is 63.8 Å². The van der Waals surface area contributed by atoms with Crippen molar-refractivity contribution in [2.24, 2.45) is 11.0 Å². The number of anilines is 1. The van der Waals surface area contributed by atoms with Crippen molar-refractivity contribution in [3.05, 3.63) is 60.2 Å². The number of carbonyl (C=O) groups excluding carboxylic acids is 2. The summed E-state index contributed by atoms with van der Waals surface area (Å²) in [7, 11) is 1.69. The molecule has 236 valence electrons. The Morgan fingerprint density at radius 1 is 0.977 bits per heavy atom. The molecule has 0 aromatic heterocycles. The number of hydrazone groups is 1. The second kappa shape index (κ2) is 14.3. The average Bonchev–Trinajstić information content (AvgIpc) is 3.50. The van der Waals surface area contributed by atoms with E-state index in [1.54, 1.807) is 7.11 Å². The highest BCUT2D eigenvalue weighted by Gasteiger charge is 2.50. The molecule has 10 heteroatoms. The minimum absolute atomic E-state index is 0.00720. The van der Waals surface area contributed by atoms with Crippen LogP contribution in [0, 0.1) is 5.92 Å². The predicted octanol–water partition coefficient (Wildman–Crippen LogP) is 3.25. The minimum atomic E-state index is -0.256. The molecule has 44 heavy (non-hydrogen) atoms. The lowest BCUT2D eigenvalue weighted by atomic mass is 9.80. The summed E-state index contributed by atoms with van der Waals surface area (Å²) < 4.78 is 5.27. The smallest absolute Gasteiger partial charge is 0.230 e. The van der Waals surface area contributed by atoms with Crippen molar-refractivity contribution in [3.8, 4) is 5.75 Å². The zero-order valence-electron chi connectivity index (χ0n) is 26.0. The number of hydrogen-bond donors (Lipinski definition) is 2. The summed E-state index contributed by atoms with van der Waals surface area (Å²) in [5.41, 5.74) is 5.73. The lowest BCUT2D eigenvalue weighted by Gasteiger charge is -2.50. The highest BCUT2D eigenvalue weighted by atomic mass is 16.5. The molecule has 2 aromatic rings. The summed E-state index contributed by atoms with van der Waals surface area (Å²) in [6.45, 7) is 6.38. The number of ether oxygens (including phenoxy) is 1. The molecule has 2 amide bonds. The molecule has 4 aliphatic rings. The fraction of sp³-hybridized carbons (Fsp3) is 0.559. The SMILES string of the molecule is COc1ccc(N2CCN(CCCNC(=O)CCC3=NNC4N(CCc5ccccc5)C(=O)C5CCCCC5N34)CC2)cc1. The van der Waals surface area contributed by atoms with Gasteiger partial charge in [-0.05, 0) is 62.1 Å². The van der Waals surface area contributed by atoms with Crippen LogP contribution in [0.15, 0.2) is 59.7 Å². The molecule has 2 N–H and O–H groups in total. The van der Waals surface area contributed by atoms with Gasteiger partial charge in [0.25, 0.3) is 0 Å². The topological polar surface area (TPSA) is 92.7 Å². The van der Waals surface area contributed by atoms with Crippen LogP contribution in [0.2, 0.25) is 0 Å². The third kappa shape index (κ3) is 6.96. The van der Waals surface area contributed by atoms with Crippen LogP contribution in [0.5, 0.6) is 5.75 Å². The van der Waals surface area contributed by atoms with Gasteiger partial charge in [-0.2, -0.15) is 5.10 Å². The van der Waals surface area contributed by atoms with Gasteiger partial charge in [-0.15, -0.1) is 0 Å². The van der Waals surface area contributed by atoms with Gasteiger partial charge < -0.3 is 24.8 Å². The first kappa shape index (κ1) is 30.2. The third-order valence-electron chi connectivity index (χ3n) is 9.70. The van der Waals surface area contributed by atoms with Crippen LogP contribution in [-0.2, 0) is 16.0 Å². The normalized spacial score (nSPS) is 23.5. The van der Waals surface area contributed by atoms with Gasteiger partial charge in [0.15, 0.2) is 6.29 Å². The summed E-state index contributed by atoms with van der Waals surface area (Å²) in [6.07, 6.45) is 6.63. The van der Waals surface area contributed by atoms with Crippen molar-refractivity contribution in [3.63, 3.8) is 0 Å². The molecular weight excluding hydrogens is 554 g/mol. The maximum absolute atomic E-state index is 13.6. The molecule has 2 saturated heterocycles. The largest absolute Gasteiger partial charge is 0.497 e. The van der Waals surface area contributed by atoms with Crippen LogP contribution < -0.4 is 20.4 Å². The van der Waals surface area contributed by atoms with Crippen molar-refractivity contribution in [2.75, 3.05) is 57.8 Å². The van der Waals surface area contributed by atoms with E-state index in [-0.39, 0.29) is 30.1 Å². The van der Waals surface area contributed by atoms with Crippen LogP contribution in [0.3, 0.4) is 0 Å². The van der Waals surface area contributed by atoms with Gasteiger partial charge in [-0.25, -0.2) is 0 Å². The Bertz CT molecular complexity index is 1280. The summed E-state index contributed by atoms with van der Waals surface area (Å²) >= 11 is 0. The van der Waals surface area contributed by atoms with E-state index >= 15 is 0 Å². The van der Waals surface area contributed by atoms with Crippen molar-refractivity contribution in [1.82, 2.24) is 25.4 Å². The summed E-state index contributed by atoms with van der Waals surface area (Å²) in [5, 5.41) is 7.81. The first-order valence-corrected chi connectivity index (χ1v) is 16.4. The Labute approximate surface area is 261 Å². The summed E-state index contributed by atoms with van der Waals surface area (Å²) in [4.78, 5) is 35.6. The second-order valence-electron chi connectivity index (χ2n) is 12.4. The first-order chi connectivity index (χ1) is 21.6. The van der Waals surface area contributed by atoms with Gasteiger partial charge in [-0.3, -0.25) is 19.9 Å². The third-order valence-corrected chi connectivity index (χ3v) is 9.70. The number of methoxy groups -OCH3 is 1. The zero-order valence-corrected chi connectivity index (χ0v) is 26.0. The number of nitrogens with zero attached hydrogens (tertiary/aromatic N) is 5. The zero-order chi connectivity index (χ0) is 30.3. The van der Waals surface area contributed by atoms with Crippen LogP contribution in [0.4, 0.5) is 5.69 Å². The van der Waals surface area contributed by atoms with E-state index in [9.17, 15) is 9.59 Å². The fourth-order valence-electron chi connectivity index (χ4n) is 7.23. The minimum Gasteiger partial charge on any atom is -0.497 e. The number of carbonyl (C=O) groups is 2. The summed E-state index contributed by atoms with van der Waals surface area (Å²) in [5.74, 6) is 2.11. The highest BCUT2D eigenvalue weighted by molar-refractivity contribution is 5.91. The molecule has 3 fully saturated rings. The molecule has 10 nitrogen and oxygen atoms in total. The molecule has 1 saturated carbocycles. The number of amidine groups is 1. The second-order valence-corrected chi connectivity index (χ2v) is 12.4. The predicted molar refractivity (Wildman–Crippen MR) is 172 cm³/mol. The van der Waals surface area contributed by atoms with E-state index in [4.69, 9.17) is 4.74 Å². The van der Waals surface area contributed by atoms with E-state index in [1.807, 2.05) is 35.2 Å². The quantitative estimate of drug-likeness (QED) is 0.361. The number of piperazine rings is 1. The molecule has 0 spiro atoms. The molecule has 0 radical (unpaired) electrons. The van der Waals surface area contributed by atoms with Crippen molar-refractivity contribution < 1.29 is 14.3 Å². The van der Waals surface area contributed by atoms with Crippen LogP contribution in [0.1, 0.15) is 50.5 Å². The van der Waals surface area contributed by atoms with E-state index in [2.05, 4.69) is 54.8 Å². The molecular formula is C34H47N7O3. The van der Waals surface area contributed by atoms with E-state index in [1.165, 1.54) is 11.3 Å². The molecule has 6 rings (SSSR count). The van der Waals surface area contributed by atoms with E-state index in [0.717, 1.165) is 82.8 Å². The standard InChI is InChI=1S/C34H47N7O3/c1-44-28-14-12-27(13-15-28)39-24-22-38(23-25-39)20-7-19-35-32(42)17-16-31-36-37-34-40(21-18-26-8-3-2-4-9-26)33(43)29-10-5-6-11-30(29)41(31)34/h2-4,8-9,12-15,29-30,34,37H,5-7,10-11,16-25H2,1H3,(H,35,42). The lowest BCUT2D eigenvalue weighted by Crippen LogP contribution is -2.67. The fourth-order valence-corrected chi connectivity index (χ4v) is 7.23. The van der Waals surface area contributed by atoms with Gasteiger partial charge in [-0.1, -0.05) is 43.2 Å². The van der Waals surface area contributed by atoms with Gasteiger partial charge in [0.2, 0.25) is 11.8 Å². The molecule has 1 aliphatic carbocycles. The van der Waals surface area contributed by atoms with Crippen LogP contribution in [0.25, 0.3) is 0 Å². The Kier molecular flexibility index (Phi) is 9.85. The van der Waals surface area contributed by atoms with E-state index < -0.39 is 0 Å². The maximum atomic E-state index is 13.6. The molecule has 3 unspecified atom stereocenters. The Balaban J connectivity index is 0.933. The summed E-state index contributed by atoms with van der Waals surface area (Å²) in [6, 6.07) is 18.8. The van der Waals surface area contributed by atoms with Gasteiger partial charge in [0.1, 0.15) is 11.6 Å². The van der Waals surface area contributed by atoms with Gasteiger partial charge >= 0.3 is 0 Å². The molecule has 0 bridgehead atoms. The molecule has 3 heterocycles. The monoisotopic (exact) mass is 601 g/mol. The Morgan fingerprint density at radius 2 is 1.75 bits per heavy atom. The average molecular weight is 602 g/mol. The lowest BCUT2D eigenvalue weighted by molar-refractivity contribution is -0.155. The number of nitrogens with one attached hydrogen (secondary N) is 2. The Hall–Kier alpha value is -3.79. The Morgan fingerprint density at radius 3 is 2.52 bits per heavy atom. The molecule has 2 aromatic carbocycles. The number of hydrogen-bond acceptors (Lipinski definition) is 8. The number of rotatable bonds is 12. The van der Waals surface area contributed by atoms with Crippen LogP contribution in [-0.4, -0.2) is 97.6 Å².